The number of aryl methyl sites for hydroxylation is 1. The van der Waals surface area contributed by atoms with Gasteiger partial charge in [0.05, 0.1) is 18.0 Å². The third-order valence-corrected chi connectivity index (χ3v) is 5.81. The molecule has 2 aliphatic heterocycles. The molecule has 2 aliphatic rings. The molecule has 1 aromatic carbocycles. The Morgan fingerprint density at radius 1 is 1.25 bits per heavy atom. The van der Waals surface area contributed by atoms with Crippen LogP contribution in [0, 0.1) is 12.8 Å². The second-order valence-corrected chi connectivity index (χ2v) is 7.55. The lowest BCUT2D eigenvalue weighted by atomic mass is 9.77. The molecule has 142 valence electrons. The fraction of sp³-hybridized carbons (Fsp3) is 0.286. The molecular formula is C21H20ClN5O. The number of fused-ring (bicyclic) bond motifs is 5. The Morgan fingerprint density at radius 2 is 2.07 bits per heavy atom. The number of hydrogen-bond donors (Lipinski definition) is 0. The number of hydrogen-bond acceptors (Lipinski definition) is 5. The summed E-state index contributed by atoms with van der Waals surface area (Å²) in [6, 6.07) is 10.0. The van der Waals surface area contributed by atoms with E-state index < -0.39 is 0 Å². The van der Waals surface area contributed by atoms with E-state index in [1.165, 1.54) is 6.33 Å². The van der Waals surface area contributed by atoms with Crippen molar-refractivity contribution in [2.75, 3.05) is 24.6 Å². The Bertz CT molecular complexity index is 1050. The zero-order valence-electron chi connectivity index (χ0n) is 15.5. The SMILES string of the molecule is C=CCN1C[C@H]2COc3c(c(C)nn3-c3ccccc3)[C@H]2c2c(Cl)ncnc21. The number of ether oxygens (including phenoxy) is 1. The molecule has 0 amide bonds. The van der Waals surface area contributed by atoms with Crippen LogP contribution in [0.1, 0.15) is 22.7 Å². The summed E-state index contributed by atoms with van der Waals surface area (Å²) >= 11 is 6.60. The molecule has 0 radical (unpaired) electrons. The number of rotatable bonds is 3. The van der Waals surface area contributed by atoms with Gasteiger partial charge in [0.1, 0.15) is 17.3 Å². The average Bonchev–Trinajstić information content (AvgIpc) is 3.06. The van der Waals surface area contributed by atoms with E-state index in [9.17, 15) is 0 Å². The second-order valence-electron chi connectivity index (χ2n) is 7.20. The van der Waals surface area contributed by atoms with Gasteiger partial charge < -0.3 is 9.64 Å². The van der Waals surface area contributed by atoms with Gasteiger partial charge in [-0.2, -0.15) is 5.10 Å². The Hall–Kier alpha value is -2.86. The summed E-state index contributed by atoms with van der Waals surface area (Å²) in [6.45, 7) is 8.03. The maximum atomic E-state index is 6.60. The smallest absolute Gasteiger partial charge is 0.220 e. The summed E-state index contributed by atoms with van der Waals surface area (Å²) < 4.78 is 8.13. The maximum Gasteiger partial charge on any atom is 0.220 e. The largest absolute Gasteiger partial charge is 0.477 e. The van der Waals surface area contributed by atoms with Crippen LogP contribution in [0.5, 0.6) is 5.88 Å². The molecule has 2 atom stereocenters. The first-order valence-corrected chi connectivity index (χ1v) is 9.70. The zero-order valence-corrected chi connectivity index (χ0v) is 16.3. The van der Waals surface area contributed by atoms with E-state index in [2.05, 4.69) is 21.4 Å². The quantitative estimate of drug-likeness (QED) is 0.500. The van der Waals surface area contributed by atoms with Gasteiger partial charge >= 0.3 is 0 Å². The molecule has 0 N–H and O–H groups in total. The fourth-order valence-electron chi connectivity index (χ4n) is 4.39. The summed E-state index contributed by atoms with van der Waals surface area (Å²) in [4.78, 5) is 11.0. The first kappa shape index (κ1) is 17.3. The van der Waals surface area contributed by atoms with Crippen LogP contribution in [0.4, 0.5) is 5.82 Å². The van der Waals surface area contributed by atoms with Gasteiger partial charge in [0.15, 0.2) is 0 Å². The molecule has 28 heavy (non-hydrogen) atoms. The van der Waals surface area contributed by atoms with Crippen molar-refractivity contribution in [1.29, 1.82) is 0 Å². The van der Waals surface area contributed by atoms with Crippen molar-refractivity contribution in [3.05, 3.63) is 71.3 Å². The van der Waals surface area contributed by atoms with Crippen molar-refractivity contribution in [3.8, 4) is 11.6 Å². The molecule has 0 bridgehead atoms. The van der Waals surface area contributed by atoms with Gasteiger partial charge in [-0.05, 0) is 19.1 Å². The first-order valence-electron chi connectivity index (χ1n) is 9.33. The van der Waals surface area contributed by atoms with Crippen molar-refractivity contribution in [2.45, 2.75) is 12.8 Å². The fourth-order valence-corrected chi connectivity index (χ4v) is 4.63. The molecule has 6 nitrogen and oxygen atoms in total. The molecule has 5 rings (SSSR count). The minimum atomic E-state index is 0.0611. The van der Waals surface area contributed by atoms with Crippen LogP contribution in [0.3, 0.4) is 0 Å². The summed E-state index contributed by atoms with van der Waals surface area (Å²) in [6.07, 6.45) is 3.41. The highest BCUT2D eigenvalue weighted by molar-refractivity contribution is 6.30. The summed E-state index contributed by atoms with van der Waals surface area (Å²) in [7, 11) is 0. The van der Waals surface area contributed by atoms with Crippen molar-refractivity contribution in [3.63, 3.8) is 0 Å². The highest BCUT2D eigenvalue weighted by atomic mass is 35.5. The third-order valence-electron chi connectivity index (χ3n) is 5.51. The molecule has 0 unspecified atom stereocenters. The molecule has 0 saturated heterocycles. The number of benzene rings is 1. The molecular weight excluding hydrogens is 374 g/mol. The third kappa shape index (κ3) is 2.52. The number of nitrogens with zero attached hydrogens (tertiary/aromatic N) is 5. The Labute approximate surface area is 168 Å². The van der Waals surface area contributed by atoms with Gasteiger partial charge in [0.25, 0.3) is 0 Å². The molecule has 0 fully saturated rings. The molecule has 4 heterocycles. The van der Waals surface area contributed by atoms with Gasteiger partial charge in [0, 0.05) is 36.1 Å². The maximum absolute atomic E-state index is 6.60. The van der Waals surface area contributed by atoms with Crippen molar-refractivity contribution < 1.29 is 4.74 Å². The normalized spacial score (nSPS) is 20.0. The van der Waals surface area contributed by atoms with E-state index in [1.807, 2.05) is 48.0 Å². The Kier molecular flexibility index (Phi) is 4.09. The number of aromatic nitrogens is 4. The van der Waals surface area contributed by atoms with Gasteiger partial charge in [-0.25, -0.2) is 14.6 Å². The van der Waals surface area contributed by atoms with Crippen molar-refractivity contribution in [1.82, 2.24) is 19.7 Å². The topological polar surface area (TPSA) is 56.1 Å². The van der Waals surface area contributed by atoms with Crippen LogP contribution in [0.2, 0.25) is 5.15 Å². The molecule has 2 aromatic heterocycles. The molecule has 0 aliphatic carbocycles. The van der Waals surface area contributed by atoms with Crippen molar-refractivity contribution in [2.24, 2.45) is 5.92 Å². The van der Waals surface area contributed by atoms with Gasteiger partial charge in [0.2, 0.25) is 5.88 Å². The summed E-state index contributed by atoms with van der Waals surface area (Å²) in [5, 5.41) is 5.28. The van der Waals surface area contributed by atoms with Gasteiger partial charge in [-0.15, -0.1) is 6.58 Å². The van der Waals surface area contributed by atoms with Crippen LogP contribution in [0.25, 0.3) is 5.69 Å². The van der Waals surface area contributed by atoms with Crippen molar-refractivity contribution >= 4 is 17.4 Å². The van der Waals surface area contributed by atoms with E-state index in [4.69, 9.17) is 21.4 Å². The summed E-state index contributed by atoms with van der Waals surface area (Å²) in [5.74, 6) is 1.97. The van der Waals surface area contributed by atoms with Crippen LogP contribution < -0.4 is 9.64 Å². The predicted octanol–water partition coefficient (Wildman–Crippen LogP) is 3.77. The number of halogens is 1. The lowest BCUT2D eigenvalue weighted by Gasteiger charge is -2.42. The van der Waals surface area contributed by atoms with Gasteiger partial charge in [-0.1, -0.05) is 35.9 Å². The minimum Gasteiger partial charge on any atom is -0.477 e. The van der Waals surface area contributed by atoms with E-state index in [0.29, 0.717) is 18.3 Å². The Morgan fingerprint density at radius 3 is 2.86 bits per heavy atom. The monoisotopic (exact) mass is 393 g/mol. The van der Waals surface area contributed by atoms with E-state index >= 15 is 0 Å². The first-order chi connectivity index (χ1) is 13.7. The molecule has 0 spiro atoms. The number of para-hydroxylation sites is 1. The summed E-state index contributed by atoms with van der Waals surface area (Å²) in [5.41, 5.74) is 3.96. The highest BCUT2D eigenvalue weighted by Gasteiger charge is 2.44. The lowest BCUT2D eigenvalue weighted by molar-refractivity contribution is 0.192. The van der Waals surface area contributed by atoms with Crippen LogP contribution >= 0.6 is 11.6 Å². The van der Waals surface area contributed by atoms with Gasteiger partial charge in [-0.3, -0.25) is 0 Å². The minimum absolute atomic E-state index is 0.0611. The number of anilines is 1. The lowest BCUT2D eigenvalue weighted by Crippen LogP contribution is -2.43. The highest BCUT2D eigenvalue weighted by Crippen LogP contribution is 2.50. The van der Waals surface area contributed by atoms with Crippen LogP contribution in [0.15, 0.2) is 49.3 Å². The van der Waals surface area contributed by atoms with Crippen LogP contribution in [-0.4, -0.2) is 39.4 Å². The van der Waals surface area contributed by atoms with E-state index in [1.54, 1.807) is 0 Å². The second kappa shape index (κ2) is 6.63. The zero-order chi connectivity index (χ0) is 19.3. The average molecular weight is 394 g/mol. The predicted molar refractivity (Wildman–Crippen MR) is 109 cm³/mol. The van der Waals surface area contributed by atoms with Crippen LogP contribution in [-0.2, 0) is 0 Å². The van der Waals surface area contributed by atoms with E-state index in [0.717, 1.165) is 40.8 Å². The molecule has 7 heteroatoms. The molecule has 3 aromatic rings. The molecule has 0 saturated carbocycles. The Balaban J connectivity index is 1.70. The van der Waals surface area contributed by atoms with E-state index in [-0.39, 0.29) is 11.8 Å². The standard InChI is InChI=1S/C21H20ClN5O/c1-3-9-26-10-14-11-28-21-16(17(14)18-19(22)23-12-24-20(18)26)13(2)25-27(21)15-7-5-4-6-8-15/h3-8,12,14,17H,1,9-11H2,2H3/t14-,17-/m0/s1.